The number of halogens is 3. The normalized spacial score (nSPS) is 15.2. The summed E-state index contributed by atoms with van der Waals surface area (Å²) in [7, 11) is 0. The summed E-state index contributed by atoms with van der Waals surface area (Å²) < 4.78 is 38.3. The van der Waals surface area contributed by atoms with Crippen molar-refractivity contribution in [3.05, 3.63) is 33.9 Å². The zero-order valence-electron chi connectivity index (χ0n) is 13.7. The van der Waals surface area contributed by atoms with Gasteiger partial charge < -0.3 is 15.1 Å². The van der Waals surface area contributed by atoms with E-state index in [1.807, 2.05) is 11.8 Å². The molecule has 1 fully saturated rings. The number of piperazine rings is 1. The van der Waals surface area contributed by atoms with Gasteiger partial charge in [0.1, 0.15) is 5.69 Å². The summed E-state index contributed by atoms with van der Waals surface area (Å²) in [4.78, 5) is 14.1. The first-order chi connectivity index (χ1) is 11.7. The first-order valence-electron chi connectivity index (χ1n) is 7.87. The van der Waals surface area contributed by atoms with Crippen LogP contribution in [0.2, 0.25) is 0 Å². The topological polar surface area (TPSA) is 61.6 Å². The van der Waals surface area contributed by atoms with Crippen LogP contribution in [0.1, 0.15) is 18.9 Å². The molecule has 10 heteroatoms. The summed E-state index contributed by atoms with van der Waals surface area (Å²) in [6.45, 7) is 4.78. The fraction of sp³-hybridized carbons (Fsp3) is 0.533. The molecule has 25 heavy (non-hydrogen) atoms. The molecular weight excluding hydrogens is 357 g/mol. The second kappa shape index (κ2) is 7.85. The third-order valence-electron chi connectivity index (χ3n) is 3.93. The molecule has 0 aliphatic carbocycles. The van der Waals surface area contributed by atoms with Crippen molar-refractivity contribution in [2.24, 2.45) is 0 Å². The van der Waals surface area contributed by atoms with E-state index in [9.17, 15) is 23.3 Å². The van der Waals surface area contributed by atoms with E-state index in [4.69, 9.17) is 12.2 Å². The first kappa shape index (κ1) is 19.2. The highest BCUT2D eigenvalue weighted by Gasteiger charge is 2.34. The molecule has 0 atom stereocenters. The van der Waals surface area contributed by atoms with Crippen LogP contribution in [0.3, 0.4) is 0 Å². The number of nitro benzene ring substituents is 1. The van der Waals surface area contributed by atoms with Gasteiger partial charge in [-0.05, 0) is 30.8 Å². The number of nitrogens with one attached hydrogen (secondary N) is 1. The van der Waals surface area contributed by atoms with E-state index in [-0.39, 0.29) is 5.69 Å². The fourth-order valence-corrected chi connectivity index (χ4v) is 2.89. The van der Waals surface area contributed by atoms with Gasteiger partial charge in [-0.3, -0.25) is 10.1 Å². The van der Waals surface area contributed by atoms with Crippen LogP contribution in [0.25, 0.3) is 0 Å². The van der Waals surface area contributed by atoms with Crippen LogP contribution in [0.4, 0.5) is 24.5 Å². The first-order valence-corrected chi connectivity index (χ1v) is 8.28. The largest absolute Gasteiger partial charge is 0.416 e. The lowest BCUT2D eigenvalue weighted by atomic mass is 10.1. The lowest BCUT2D eigenvalue weighted by molar-refractivity contribution is -0.384. The maximum atomic E-state index is 12.8. The molecule has 6 nitrogen and oxygen atoms in total. The van der Waals surface area contributed by atoms with Crippen molar-refractivity contribution >= 4 is 28.7 Å². The van der Waals surface area contributed by atoms with Crippen molar-refractivity contribution in [3.63, 3.8) is 0 Å². The molecule has 1 N–H and O–H groups in total. The summed E-state index contributed by atoms with van der Waals surface area (Å²) >= 11 is 5.28. The highest BCUT2D eigenvalue weighted by Crippen LogP contribution is 2.36. The van der Waals surface area contributed by atoms with Crippen LogP contribution in [0.5, 0.6) is 0 Å². The Morgan fingerprint density at radius 1 is 1.32 bits per heavy atom. The standard InChI is InChI=1S/C15H19F3N4O2S/c1-2-5-19-14(25)21-8-6-20(7-9-21)12-4-3-11(15(16,17)18)10-13(12)22(23)24/h3-4,10H,2,5-9H2,1H3,(H,19,25). The van der Waals surface area contributed by atoms with Gasteiger partial charge in [0.2, 0.25) is 0 Å². The Morgan fingerprint density at radius 2 is 1.96 bits per heavy atom. The molecule has 0 spiro atoms. The van der Waals surface area contributed by atoms with Crippen molar-refractivity contribution in [3.8, 4) is 0 Å². The summed E-state index contributed by atoms with van der Waals surface area (Å²) in [6.07, 6.45) is -3.67. The van der Waals surface area contributed by atoms with Gasteiger partial charge in [0.05, 0.1) is 10.5 Å². The zero-order valence-corrected chi connectivity index (χ0v) is 14.5. The Hall–Kier alpha value is -2.10. The lowest BCUT2D eigenvalue weighted by Gasteiger charge is -2.37. The van der Waals surface area contributed by atoms with Crippen molar-refractivity contribution < 1.29 is 18.1 Å². The monoisotopic (exact) mass is 376 g/mol. The van der Waals surface area contributed by atoms with Crippen LogP contribution in [-0.4, -0.2) is 47.7 Å². The van der Waals surface area contributed by atoms with Crippen molar-refractivity contribution in [1.29, 1.82) is 0 Å². The smallest absolute Gasteiger partial charge is 0.363 e. The third-order valence-corrected chi connectivity index (χ3v) is 4.34. The number of nitrogens with zero attached hydrogens (tertiary/aromatic N) is 3. The molecule has 1 heterocycles. The molecule has 0 saturated carbocycles. The number of alkyl halides is 3. The number of rotatable bonds is 4. The minimum Gasteiger partial charge on any atom is -0.363 e. The predicted molar refractivity (Wildman–Crippen MR) is 92.8 cm³/mol. The van der Waals surface area contributed by atoms with Gasteiger partial charge in [-0.15, -0.1) is 0 Å². The van der Waals surface area contributed by atoms with E-state index in [1.165, 1.54) is 6.07 Å². The van der Waals surface area contributed by atoms with Gasteiger partial charge in [-0.1, -0.05) is 6.92 Å². The molecule has 0 aromatic heterocycles. The average Bonchev–Trinajstić information content (AvgIpc) is 2.58. The number of hydrogen-bond acceptors (Lipinski definition) is 4. The summed E-state index contributed by atoms with van der Waals surface area (Å²) in [6, 6.07) is 2.64. The zero-order chi connectivity index (χ0) is 18.6. The Balaban J connectivity index is 2.12. The molecule has 1 saturated heterocycles. The fourth-order valence-electron chi connectivity index (χ4n) is 2.61. The Labute approximate surface area is 148 Å². The van der Waals surface area contributed by atoms with E-state index >= 15 is 0 Å². The molecule has 1 aliphatic rings. The Bertz CT molecular complexity index is 646. The van der Waals surface area contributed by atoms with Crippen LogP contribution >= 0.6 is 12.2 Å². The van der Waals surface area contributed by atoms with Crippen molar-refractivity contribution in [2.45, 2.75) is 19.5 Å². The minimum atomic E-state index is -4.61. The quantitative estimate of drug-likeness (QED) is 0.495. The molecule has 2 rings (SSSR count). The van der Waals surface area contributed by atoms with Crippen LogP contribution in [-0.2, 0) is 6.18 Å². The lowest BCUT2D eigenvalue weighted by Crippen LogP contribution is -2.52. The maximum Gasteiger partial charge on any atom is 0.416 e. The second-order valence-electron chi connectivity index (χ2n) is 5.66. The van der Waals surface area contributed by atoms with Gasteiger partial charge >= 0.3 is 6.18 Å². The Kier molecular flexibility index (Phi) is 6.04. The van der Waals surface area contributed by atoms with E-state index in [2.05, 4.69) is 5.32 Å². The molecule has 0 bridgehead atoms. The van der Waals surface area contributed by atoms with Crippen LogP contribution in [0.15, 0.2) is 18.2 Å². The highest BCUT2D eigenvalue weighted by molar-refractivity contribution is 7.80. The highest BCUT2D eigenvalue weighted by atomic mass is 32.1. The minimum absolute atomic E-state index is 0.199. The maximum absolute atomic E-state index is 12.8. The molecule has 1 aliphatic heterocycles. The van der Waals surface area contributed by atoms with Gasteiger partial charge in [0.25, 0.3) is 5.69 Å². The van der Waals surface area contributed by atoms with E-state index in [0.29, 0.717) is 37.4 Å². The predicted octanol–water partition coefficient (Wildman–Crippen LogP) is 3.02. The molecule has 1 aromatic rings. The molecular formula is C15H19F3N4O2S. The van der Waals surface area contributed by atoms with Gasteiger partial charge in [0.15, 0.2) is 5.11 Å². The van der Waals surface area contributed by atoms with Gasteiger partial charge in [-0.2, -0.15) is 13.2 Å². The SMILES string of the molecule is CCCNC(=S)N1CCN(c2ccc(C(F)(F)F)cc2[N+](=O)[O-])CC1. The molecule has 0 radical (unpaired) electrons. The third kappa shape index (κ3) is 4.71. The number of nitro groups is 1. The van der Waals surface area contributed by atoms with Crippen LogP contribution < -0.4 is 10.2 Å². The molecule has 1 aromatic carbocycles. The van der Waals surface area contributed by atoms with E-state index < -0.39 is 22.4 Å². The number of anilines is 1. The van der Waals surface area contributed by atoms with Crippen LogP contribution in [0, 0.1) is 10.1 Å². The van der Waals surface area contributed by atoms with Gasteiger partial charge in [-0.25, -0.2) is 0 Å². The summed E-state index contributed by atoms with van der Waals surface area (Å²) in [5, 5.41) is 14.9. The number of hydrogen-bond donors (Lipinski definition) is 1. The molecule has 138 valence electrons. The molecule has 0 unspecified atom stereocenters. The average molecular weight is 376 g/mol. The van der Waals surface area contributed by atoms with E-state index in [1.54, 1.807) is 4.90 Å². The Morgan fingerprint density at radius 3 is 2.48 bits per heavy atom. The second-order valence-corrected chi connectivity index (χ2v) is 6.05. The van der Waals surface area contributed by atoms with E-state index in [0.717, 1.165) is 19.0 Å². The summed E-state index contributed by atoms with van der Waals surface area (Å²) in [5.41, 5.74) is -1.36. The number of benzene rings is 1. The van der Waals surface area contributed by atoms with Crippen molar-refractivity contribution in [1.82, 2.24) is 10.2 Å². The van der Waals surface area contributed by atoms with Crippen molar-refractivity contribution in [2.75, 3.05) is 37.6 Å². The summed E-state index contributed by atoms with van der Waals surface area (Å²) in [5.74, 6) is 0. The number of thiocarbonyl (C=S) groups is 1. The molecule has 0 amide bonds. The van der Waals surface area contributed by atoms with Gasteiger partial charge in [0, 0.05) is 38.8 Å².